The molecule has 0 saturated carbocycles. The summed E-state index contributed by atoms with van der Waals surface area (Å²) in [5, 5.41) is 9.63. The smallest absolute Gasteiger partial charge is 0.238 e. The maximum Gasteiger partial charge on any atom is 0.238 e. The van der Waals surface area contributed by atoms with Crippen LogP contribution in [0.15, 0.2) is 42.6 Å². The van der Waals surface area contributed by atoms with Crippen molar-refractivity contribution in [1.82, 2.24) is 20.4 Å². The average molecular weight is 272 g/mol. The molecular weight excluding hydrogens is 252 g/mol. The van der Waals surface area contributed by atoms with Gasteiger partial charge in [-0.1, -0.05) is 30.3 Å². The van der Waals surface area contributed by atoms with E-state index in [0.717, 1.165) is 11.3 Å². The van der Waals surface area contributed by atoms with E-state index in [9.17, 15) is 4.79 Å². The summed E-state index contributed by atoms with van der Waals surface area (Å²) in [6, 6.07) is 11.7. The minimum absolute atomic E-state index is 0.0217. The normalized spacial score (nSPS) is 12.3. The first kappa shape index (κ1) is 14.3. The zero-order valence-corrected chi connectivity index (χ0v) is 11.8. The number of nitrogens with zero attached hydrogens (tertiary/aromatic N) is 2. The third kappa shape index (κ3) is 3.93. The average Bonchev–Trinajstić information content (AvgIpc) is 2.96. The molecule has 1 amide bonds. The van der Waals surface area contributed by atoms with Gasteiger partial charge in [-0.2, -0.15) is 5.10 Å². The van der Waals surface area contributed by atoms with E-state index < -0.39 is 0 Å². The number of hydrogen-bond acceptors (Lipinski definition) is 3. The zero-order valence-electron chi connectivity index (χ0n) is 11.8. The van der Waals surface area contributed by atoms with E-state index in [2.05, 4.69) is 15.5 Å². The van der Waals surface area contributed by atoms with E-state index in [1.54, 1.807) is 6.20 Å². The summed E-state index contributed by atoms with van der Waals surface area (Å²) in [6.07, 6.45) is 2.37. The minimum Gasteiger partial charge on any atom is -0.349 e. The van der Waals surface area contributed by atoms with Crippen LogP contribution in [-0.2, 0) is 17.8 Å². The van der Waals surface area contributed by atoms with Gasteiger partial charge in [0.25, 0.3) is 0 Å². The number of H-pyrrole nitrogens is 1. The van der Waals surface area contributed by atoms with Crippen LogP contribution in [0.1, 0.15) is 11.3 Å². The molecule has 0 fully saturated rings. The highest BCUT2D eigenvalue weighted by Crippen LogP contribution is 2.07. The predicted octanol–water partition coefficient (Wildman–Crippen LogP) is 1.20. The van der Waals surface area contributed by atoms with Crippen molar-refractivity contribution in [3.05, 3.63) is 53.9 Å². The lowest BCUT2D eigenvalue weighted by molar-refractivity contribution is -0.125. The van der Waals surface area contributed by atoms with Gasteiger partial charge in [0.05, 0.1) is 18.3 Å². The van der Waals surface area contributed by atoms with E-state index in [-0.39, 0.29) is 11.9 Å². The van der Waals surface area contributed by atoms with Gasteiger partial charge in [0.15, 0.2) is 0 Å². The maximum atomic E-state index is 12.3. The summed E-state index contributed by atoms with van der Waals surface area (Å²) >= 11 is 0. The molecule has 0 unspecified atom stereocenters. The van der Waals surface area contributed by atoms with Crippen LogP contribution in [0.3, 0.4) is 0 Å². The fourth-order valence-electron chi connectivity index (χ4n) is 2.03. The van der Waals surface area contributed by atoms with Gasteiger partial charge in [0.1, 0.15) is 0 Å². The predicted molar refractivity (Wildman–Crippen MR) is 78.1 cm³/mol. The van der Waals surface area contributed by atoms with Gasteiger partial charge in [-0.25, -0.2) is 0 Å². The number of likely N-dealkylation sites (N-methyl/N-ethyl adjacent to an activating group) is 1. The second-order valence-electron chi connectivity index (χ2n) is 4.97. The number of hydrogen-bond donors (Lipinski definition) is 2. The highest BCUT2D eigenvalue weighted by atomic mass is 16.2. The number of rotatable bonds is 6. The van der Waals surface area contributed by atoms with E-state index >= 15 is 0 Å². The van der Waals surface area contributed by atoms with Crippen LogP contribution >= 0.6 is 0 Å². The lowest BCUT2D eigenvalue weighted by Gasteiger charge is -2.23. The molecule has 106 valence electrons. The Morgan fingerprint density at radius 1 is 1.30 bits per heavy atom. The molecule has 2 rings (SSSR count). The number of carbonyl (C=O) groups is 1. The largest absolute Gasteiger partial charge is 0.349 e. The van der Waals surface area contributed by atoms with Gasteiger partial charge in [-0.15, -0.1) is 0 Å². The van der Waals surface area contributed by atoms with Crippen molar-refractivity contribution in [2.75, 3.05) is 14.1 Å². The van der Waals surface area contributed by atoms with Gasteiger partial charge in [-0.05, 0) is 32.1 Å². The first-order valence-electron chi connectivity index (χ1n) is 6.63. The van der Waals surface area contributed by atoms with Crippen LogP contribution in [0.25, 0.3) is 0 Å². The van der Waals surface area contributed by atoms with Crippen molar-refractivity contribution in [2.45, 2.75) is 19.0 Å². The van der Waals surface area contributed by atoms with Crippen LogP contribution < -0.4 is 5.32 Å². The van der Waals surface area contributed by atoms with Crippen molar-refractivity contribution < 1.29 is 4.79 Å². The minimum atomic E-state index is -0.180. The lowest BCUT2D eigenvalue weighted by atomic mass is 10.0. The van der Waals surface area contributed by atoms with E-state index in [4.69, 9.17) is 0 Å². The van der Waals surface area contributed by atoms with Crippen LogP contribution in [-0.4, -0.2) is 41.1 Å². The highest BCUT2D eigenvalue weighted by Gasteiger charge is 2.20. The Labute approximate surface area is 119 Å². The molecule has 0 bridgehead atoms. The molecule has 20 heavy (non-hydrogen) atoms. The van der Waals surface area contributed by atoms with E-state index in [1.165, 1.54) is 0 Å². The van der Waals surface area contributed by atoms with Crippen molar-refractivity contribution in [3.8, 4) is 0 Å². The van der Waals surface area contributed by atoms with Gasteiger partial charge < -0.3 is 5.32 Å². The number of carbonyl (C=O) groups excluding carboxylic acids is 1. The third-order valence-corrected chi connectivity index (χ3v) is 3.21. The molecule has 0 aliphatic rings. The first-order chi connectivity index (χ1) is 9.66. The molecule has 0 spiro atoms. The summed E-state index contributed by atoms with van der Waals surface area (Å²) in [7, 11) is 3.84. The molecule has 5 nitrogen and oxygen atoms in total. The summed E-state index contributed by atoms with van der Waals surface area (Å²) in [4.78, 5) is 14.2. The van der Waals surface area contributed by atoms with Crippen molar-refractivity contribution >= 4 is 5.91 Å². The van der Waals surface area contributed by atoms with Crippen LogP contribution in [0.4, 0.5) is 0 Å². The van der Waals surface area contributed by atoms with Crippen LogP contribution in [0, 0.1) is 0 Å². The maximum absolute atomic E-state index is 12.3. The number of amides is 1. The second kappa shape index (κ2) is 6.86. The Bertz CT molecular complexity index is 522. The third-order valence-electron chi connectivity index (χ3n) is 3.21. The molecular formula is C15H20N4O. The number of nitrogens with one attached hydrogen (secondary N) is 2. The Morgan fingerprint density at radius 3 is 2.65 bits per heavy atom. The fourth-order valence-corrected chi connectivity index (χ4v) is 2.03. The highest BCUT2D eigenvalue weighted by molar-refractivity contribution is 5.82. The Kier molecular flexibility index (Phi) is 4.90. The van der Waals surface area contributed by atoms with E-state index in [1.807, 2.05) is 55.4 Å². The SMILES string of the molecule is CN(C)[C@@H](Cc1ccccc1)C(=O)NCc1ccn[nH]1. The Morgan fingerprint density at radius 2 is 2.05 bits per heavy atom. The van der Waals surface area contributed by atoms with Crippen molar-refractivity contribution in [1.29, 1.82) is 0 Å². The van der Waals surface area contributed by atoms with Crippen LogP contribution in [0.5, 0.6) is 0 Å². The second-order valence-corrected chi connectivity index (χ2v) is 4.97. The van der Waals surface area contributed by atoms with Crippen molar-refractivity contribution in [2.24, 2.45) is 0 Å². The zero-order chi connectivity index (χ0) is 14.4. The monoisotopic (exact) mass is 272 g/mol. The van der Waals surface area contributed by atoms with Crippen LogP contribution in [0.2, 0.25) is 0 Å². The molecule has 2 aromatic rings. The molecule has 2 N–H and O–H groups in total. The topological polar surface area (TPSA) is 61.0 Å². The van der Waals surface area contributed by atoms with Gasteiger partial charge in [0.2, 0.25) is 5.91 Å². The van der Waals surface area contributed by atoms with Gasteiger partial charge >= 0.3 is 0 Å². The van der Waals surface area contributed by atoms with E-state index in [0.29, 0.717) is 13.0 Å². The van der Waals surface area contributed by atoms with Gasteiger partial charge in [-0.3, -0.25) is 14.8 Å². The Hall–Kier alpha value is -2.14. The summed E-state index contributed by atoms with van der Waals surface area (Å²) < 4.78 is 0. The number of aromatic nitrogens is 2. The van der Waals surface area contributed by atoms with Gasteiger partial charge in [0, 0.05) is 6.20 Å². The molecule has 1 aromatic carbocycles. The lowest BCUT2D eigenvalue weighted by Crippen LogP contribution is -2.44. The number of aromatic amines is 1. The summed E-state index contributed by atoms with van der Waals surface area (Å²) in [6.45, 7) is 0.470. The molecule has 5 heteroatoms. The van der Waals surface area contributed by atoms with Crippen molar-refractivity contribution in [3.63, 3.8) is 0 Å². The fraction of sp³-hybridized carbons (Fsp3) is 0.333. The number of benzene rings is 1. The Balaban J connectivity index is 1.95. The molecule has 1 atom stereocenters. The molecule has 1 heterocycles. The molecule has 0 radical (unpaired) electrons. The standard InChI is InChI=1S/C15H20N4O/c1-19(2)14(10-12-6-4-3-5-7-12)15(20)16-11-13-8-9-17-18-13/h3-9,14H,10-11H2,1-2H3,(H,16,20)(H,17,18)/t14-/m0/s1. The quantitative estimate of drug-likeness (QED) is 0.830. The molecule has 0 saturated heterocycles. The first-order valence-corrected chi connectivity index (χ1v) is 6.63. The molecule has 0 aliphatic heterocycles. The summed E-state index contributed by atoms with van der Waals surface area (Å²) in [5.41, 5.74) is 2.05. The molecule has 0 aliphatic carbocycles. The molecule has 1 aromatic heterocycles. The summed E-state index contributed by atoms with van der Waals surface area (Å²) in [5.74, 6) is 0.0217.